The molecule has 1 saturated heterocycles. The molecule has 2 unspecified atom stereocenters. The highest BCUT2D eigenvalue weighted by Gasteiger charge is 2.20. The lowest BCUT2D eigenvalue weighted by molar-refractivity contribution is 0.0997. The molecule has 0 spiro atoms. The van der Waals surface area contributed by atoms with Gasteiger partial charge in [-0.15, -0.1) is 0 Å². The summed E-state index contributed by atoms with van der Waals surface area (Å²) in [5.41, 5.74) is 2.08. The van der Waals surface area contributed by atoms with E-state index in [2.05, 4.69) is 17.3 Å². The number of halogens is 1. The summed E-state index contributed by atoms with van der Waals surface area (Å²) in [5, 5.41) is 8.72. The molecule has 0 aliphatic carbocycles. The Labute approximate surface area is 126 Å². The van der Waals surface area contributed by atoms with Crippen LogP contribution in [0.5, 0.6) is 0 Å². The van der Waals surface area contributed by atoms with Crippen LogP contribution in [0.1, 0.15) is 44.0 Å². The lowest BCUT2D eigenvalue weighted by atomic mass is 10.0. The number of ether oxygens (including phenoxy) is 1. The van der Waals surface area contributed by atoms with E-state index in [9.17, 15) is 0 Å². The number of hydrogen-bond donors (Lipinski definition) is 1. The van der Waals surface area contributed by atoms with Crippen molar-refractivity contribution >= 4 is 11.6 Å². The summed E-state index contributed by atoms with van der Waals surface area (Å²) < 4.78 is 7.72. The second-order valence-electron chi connectivity index (χ2n) is 5.56. The quantitative estimate of drug-likeness (QED) is 0.841. The first-order valence-electron chi connectivity index (χ1n) is 7.66. The number of aromatic nitrogens is 2. The molecule has 0 aromatic carbocycles. The second kappa shape index (κ2) is 7.43. The largest absolute Gasteiger partial charge is 0.378 e. The van der Waals surface area contributed by atoms with E-state index in [-0.39, 0.29) is 0 Å². The second-order valence-corrected chi connectivity index (χ2v) is 5.94. The Morgan fingerprint density at radius 1 is 1.55 bits per heavy atom. The summed E-state index contributed by atoms with van der Waals surface area (Å²) >= 11 is 6.39. The molecule has 5 heteroatoms. The van der Waals surface area contributed by atoms with Crippen molar-refractivity contribution in [1.82, 2.24) is 15.1 Å². The van der Waals surface area contributed by atoms with Gasteiger partial charge < -0.3 is 10.1 Å². The minimum atomic E-state index is 0.429. The third-order valence-corrected chi connectivity index (χ3v) is 4.65. The smallest absolute Gasteiger partial charge is 0.0847 e. The Balaban J connectivity index is 1.95. The Morgan fingerprint density at radius 2 is 2.35 bits per heavy atom. The van der Waals surface area contributed by atoms with Gasteiger partial charge in [-0.3, -0.25) is 4.68 Å². The maximum absolute atomic E-state index is 6.39. The Bertz CT molecular complexity index is 427. The van der Waals surface area contributed by atoms with Crippen LogP contribution in [-0.2, 0) is 17.7 Å². The van der Waals surface area contributed by atoms with E-state index in [1.54, 1.807) is 0 Å². The third-order valence-electron chi connectivity index (χ3n) is 4.16. The van der Waals surface area contributed by atoms with Gasteiger partial charge in [-0.1, -0.05) is 11.6 Å². The van der Waals surface area contributed by atoms with E-state index in [0.717, 1.165) is 48.8 Å². The van der Waals surface area contributed by atoms with Gasteiger partial charge in [-0.2, -0.15) is 5.10 Å². The Morgan fingerprint density at radius 3 is 2.95 bits per heavy atom. The molecule has 1 aromatic heterocycles. The minimum Gasteiger partial charge on any atom is -0.378 e. The summed E-state index contributed by atoms with van der Waals surface area (Å²) in [4.78, 5) is 0. The zero-order valence-electron chi connectivity index (χ0n) is 12.8. The molecule has 1 aromatic rings. The van der Waals surface area contributed by atoms with Gasteiger partial charge in [-0.25, -0.2) is 0 Å². The molecular weight excluding hydrogens is 274 g/mol. The molecule has 0 radical (unpaired) electrons. The van der Waals surface area contributed by atoms with Gasteiger partial charge in [-0.05, 0) is 46.6 Å². The highest BCUT2D eigenvalue weighted by Crippen LogP contribution is 2.24. The standard InChI is InChI=1S/C15H26ClN3O/c1-4-19-14(15(16)11(2)18-19)10-12(17-3)7-8-13-6-5-9-20-13/h12-13,17H,4-10H2,1-3H3. The number of aryl methyl sites for hydroxylation is 2. The van der Waals surface area contributed by atoms with Crippen molar-refractivity contribution in [2.24, 2.45) is 0 Å². The van der Waals surface area contributed by atoms with Gasteiger partial charge in [0, 0.05) is 25.6 Å². The maximum atomic E-state index is 6.39. The van der Waals surface area contributed by atoms with Crippen LogP contribution in [-0.4, -0.2) is 35.6 Å². The molecule has 20 heavy (non-hydrogen) atoms. The van der Waals surface area contributed by atoms with Gasteiger partial charge in [0.15, 0.2) is 0 Å². The summed E-state index contributed by atoms with van der Waals surface area (Å²) in [5.74, 6) is 0. The first-order valence-corrected chi connectivity index (χ1v) is 8.04. The first kappa shape index (κ1) is 15.8. The monoisotopic (exact) mass is 299 g/mol. The van der Waals surface area contributed by atoms with Gasteiger partial charge in [0.1, 0.15) is 0 Å². The van der Waals surface area contributed by atoms with Crippen LogP contribution in [0.2, 0.25) is 5.02 Å². The molecule has 1 aliphatic rings. The number of rotatable bonds is 7. The van der Waals surface area contributed by atoms with Crippen molar-refractivity contribution in [3.8, 4) is 0 Å². The van der Waals surface area contributed by atoms with Crippen LogP contribution < -0.4 is 5.32 Å². The Kier molecular flexibility index (Phi) is 5.87. The zero-order valence-corrected chi connectivity index (χ0v) is 13.5. The molecule has 0 amide bonds. The van der Waals surface area contributed by atoms with Crippen LogP contribution >= 0.6 is 11.6 Å². The fraction of sp³-hybridized carbons (Fsp3) is 0.800. The fourth-order valence-corrected chi connectivity index (χ4v) is 3.12. The SMILES string of the molecule is CCn1nc(C)c(Cl)c1CC(CCC1CCCO1)NC. The lowest BCUT2D eigenvalue weighted by Crippen LogP contribution is -2.30. The van der Waals surface area contributed by atoms with Gasteiger partial charge >= 0.3 is 0 Å². The topological polar surface area (TPSA) is 39.1 Å². The number of likely N-dealkylation sites (N-methyl/N-ethyl adjacent to an activating group) is 1. The number of nitrogens with one attached hydrogen (secondary N) is 1. The lowest BCUT2D eigenvalue weighted by Gasteiger charge is -2.19. The van der Waals surface area contributed by atoms with Crippen LogP contribution in [0.4, 0.5) is 0 Å². The summed E-state index contributed by atoms with van der Waals surface area (Å²) in [6.45, 7) is 5.87. The predicted octanol–water partition coefficient (Wildman–Crippen LogP) is 2.95. The van der Waals surface area contributed by atoms with Gasteiger partial charge in [0.25, 0.3) is 0 Å². The number of nitrogens with zero attached hydrogens (tertiary/aromatic N) is 2. The van der Waals surface area contributed by atoms with E-state index in [0.29, 0.717) is 12.1 Å². The van der Waals surface area contributed by atoms with Gasteiger partial charge in [0.05, 0.1) is 22.5 Å². The van der Waals surface area contributed by atoms with Crippen LogP contribution in [0, 0.1) is 6.92 Å². The van der Waals surface area contributed by atoms with E-state index in [1.807, 2.05) is 18.7 Å². The average molecular weight is 300 g/mol. The molecular formula is C15H26ClN3O. The van der Waals surface area contributed by atoms with E-state index >= 15 is 0 Å². The van der Waals surface area contributed by atoms with E-state index in [1.165, 1.54) is 12.8 Å². The third kappa shape index (κ3) is 3.74. The molecule has 1 aliphatic heterocycles. The summed E-state index contributed by atoms with van der Waals surface area (Å²) in [7, 11) is 2.02. The molecule has 4 nitrogen and oxygen atoms in total. The van der Waals surface area contributed by atoms with Crippen molar-refractivity contribution < 1.29 is 4.74 Å². The molecule has 2 rings (SSSR count). The maximum Gasteiger partial charge on any atom is 0.0847 e. The van der Waals surface area contributed by atoms with E-state index in [4.69, 9.17) is 16.3 Å². The van der Waals surface area contributed by atoms with Crippen molar-refractivity contribution in [2.75, 3.05) is 13.7 Å². The predicted molar refractivity (Wildman–Crippen MR) is 82.4 cm³/mol. The average Bonchev–Trinajstić information content (AvgIpc) is 3.06. The van der Waals surface area contributed by atoms with Crippen molar-refractivity contribution in [3.63, 3.8) is 0 Å². The molecule has 1 fully saturated rings. The molecule has 1 N–H and O–H groups in total. The summed E-state index contributed by atoms with van der Waals surface area (Å²) in [6.07, 6.45) is 6.05. The molecule has 0 bridgehead atoms. The van der Waals surface area contributed by atoms with Crippen LogP contribution in [0.3, 0.4) is 0 Å². The van der Waals surface area contributed by atoms with Crippen molar-refractivity contribution in [2.45, 2.75) is 64.6 Å². The fourth-order valence-electron chi connectivity index (χ4n) is 2.90. The molecule has 114 valence electrons. The minimum absolute atomic E-state index is 0.429. The molecule has 2 heterocycles. The molecule has 0 saturated carbocycles. The highest BCUT2D eigenvalue weighted by atomic mass is 35.5. The first-order chi connectivity index (χ1) is 9.65. The van der Waals surface area contributed by atoms with E-state index < -0.39 is 0 Å². The van der Waals surface area contributed by atoms with Gasteiger partial charge in [0.2, 0.25) is 0 Å². The normalized spacial score (nSPS) is 20.5. The van der Waals surface area contributed by atoms with Crippen molar-refractivity contribution in [1.29, 1.82) is 0 Å². The van der Waals surface area contributed by atoms with Crippen LogP contribution in [0.15, 0.2) is 0 Å². The zero-order chi connectivity index (χ0) is 14.5. The van der Waals surface area contributed by atoms with Crippen molar-refractivity contribution in [3.05, 3.63) is 16.4 Å². The number of hydrogen-bond acceptors (Lipinski definition) is 3. The summed E-state index contributed by atoms with van der Waals surface area (Å²) in [6, 6.07) is 0.429. The Hall–Kier alpha value is -0.580. The highest BCUT2D eigenvalue weighted by molar-refractivity contribution is 6.31. The molecule has 2 atom stereocenters. The van der Waals surface area contributed by atoms with Crippen LogP contribution in [0.25, 0.3) is 0 Å².